The molecule has 2 heteroatoms. The molecule has 0 atom stereocenters. The van der Waals surface area contributed by atoms with Crippen LogP contribution in [0.3, 0.4) is 0 Å². The Morgan fingerprint density at radius 3 is 2.38 bits per heavy atom. The van der Waals surface area contributed by atoms with Gasteiger partial charge in [-0.2, -0.15) is 0 Å². The third-order valence-corrected chi connectivity index (χ3v) is 0.773. The Balaban J connectivity index is 0.000000490. The van der Waals surface area contributed by atoms with E-state index in [1.165, 1.54) is 0 Å². The fraction of sp³-hybridized carbons (Fsp3) is 0. The van der Waals surface area contributed by atoms with E-state index in [1.807, 2.05) is 24.4 Å². The predicted molar refractivity (Wildman–Crippen MR) is 30.6 cm³/mol. The number of allylic oxidation sites excluding steroid dienone is 3. The van der Waals surface area contributed by atoms with Crippen LogP contribution in [-0.2, 0) is 19.5 Å². The van der Waals surface area contributed by atoms with Gasteiger partial charge in [-0.25, -0.2) is 0 Å². The summed E-state index contributed by atoms with van der Waals surface area (Å²) >= 11 is 0. The number of hydrogen-bond donors (Lipinski definition) is 1. The summed E-state index contributed by atoms with van der Waals surface area (Å²) in [5.41, 5.74) is 0.947. The second kappa shape index (κ2) is 3.62. The molecule has 0 amide bonds. The van der Waals surface area contributed by atoms with Crippen molar-refractivity contribution < 1.29 is 19.5 Å². The number of nitrogens with one attached hydrogen (secondary N) is 1. The van der Waals surface area contributed by atoms with Crippen LogP contribution in [0, 0.1) is 0 Å². The molecule has 1 rings (SSSR count). The van der Waals surface area contributed by atoms with Crippen LogP contribution in [0.25, 0.3) is 0 Å². The molecule has 0 saturated heterocycles. The molecule has 0 unspecified atom stereocenters. The topological polar surface area (TPSA) is 12.0 Å². The number of rotatable bonds is 0. The minimum atomic E-state index is 0. The fourth-order valence-electron chi connectivity index (χ4n) is 0.431. The first-order valence-electron chi connectivity index (χ1n) is 2.18. The maximum Gasteiger partial charge on any atom is 0.0306 e. The molecule has 0 fully saturated rings. The van der Waals surface area contributed by atoms with Gasteiger partial charge in [-0.05, 0) is 12.2 Å². The Morgan fingerprint density at radius 2 is 2.12 bits per heavy atom. The standard InChI is InChI=1S/C6H7N.Ru/c1-6-4-2-3-5-7-6;/h2-5,7H,1H2;. The predicted octanol–water partition coefficient (Wildman–Crippen LogP) is 1.17. The summed E-state index contributed by atoms with van der Waals surface area (Å²) < 4.78 is 0. The normalized spacial score (nSPS) is 14.8. The monoisotopic (exact) mass is 195 g/mol. The second-order valence-electron chi connectivity index (χ2n) is 1.39. The van der Waals surface area contributed by atoms with Gasteiger partial charge in [-0.1, -0.05) is 12.7 Å². The maximum atomic E-state index is 3.66. The van der Waals surface area contributed by atoms with E-state index in [0.717, 1.165) is 5.70 Å². The molecule has 1 aliphatic heterocycles. The van der Waals surface area contributed by atoms with E-state index in [-0.39, 0.29) is 19.5 Å². The van der Waals surface area contributed by atoms with Gasteiger partial charge in [0.25, 0.3) is 0 Å². The van der Waals surface area contributed by atoms with Crippen molar-refractivity contribution in [3.05, 3.63) is 36.7 Å². The van der Waals surface area contributed by atoms with Crippen LogP contribution in [0.2, 0.25) is 0 Å². The van der Waals surface area contributed by atoms with E-state index in [0.29, 0.717) is 0 Å². The largest absolute Gasteiger partial charge is 0.362 e. The zero-order valence-electron chi connectivity index (χ0n) is 4.37. The summed E-state index contributed by atoms with van der Waals surface area (Å²) in [5, 5.41) is 2.92. The first-order valence-corrected chi connectivity index (χ1v) is 2.18. The van der Waals surface area contributed by atoms with Gasteiger partial charge in [0.05, 0.1) is 0 Å². The molecule has 0 bridgehead atoms. The van der Waals surface area contributed by atoms with Crippen molar-refractivity contribution in [1.29, 1.82) is 0 Å². The minimum Gasteiger partial charge on any atom is -0.362 e. The molecule has 1 aliphatic rings. The van der Waals surface area contributed by atoms with E-state index >= 15 is 0 Å². The SMILES string of the molecule is C=C1C=CC=CN1.[Ru]. The van der Waals surface area contributed by atoms with Gasteiger partial charge < -0.3 is 5.32 Å². The first kappa shape index (κ1) is 7.64. The molecule has 0 aliphatic carbocycles. The molecule has 0 aromatic rings. The molecular formula is C6H7NRu. The van der Waals surface area contributed by atoms with Gasteiger partial charge >= 0.3 is 0 Å². The van der Waals surface area contributed by atoms with E-state index in [4.69, 9.17) is 0 Å². The maximum absolute atomic E-state index is 3.66. The summed E-state index contributed by atoms with van der Waals surface area (Å²) in [4.78, 5) is 0. The molecule has 1 heterocycles. The van der Waals surface area contributed by atoms with Crippen LogP contribution in [0.1, 0.15) is 0 Å². The third-order valence-electron chi connectivity index (χ3n) is 0.773. The molecule has 8 heavy (non-hydrogen) atoms. The zero-order valence-corrected chi connectivity index (χ0v) is 6.11. The van der Waals surface area contributed by atoms with Crippen LogP contribution in [0.4, 0.5) is 0 Å². The van der Waals surface area contributed by atoms with Crippen LogP contribution in [0.15, 0.2) is 36.7 Å². The molecule has 0 aromatic heterocycles. The van der Waals surface area contributed by atoms with E-state index in [1.54, 1.807) is 0 Å². The Labute approximate surface area is 61.9 Å². The third kappa shape index (κ3) is 2.08. The van der Waals surface area contributed by atoms with E-state index in [9.17, 15) is 0 Å². The van der Waals surface area contributed by atoms with Gasteiger partial charge in [-0.3, -0.25) is 0 Å². The fourth-order valence-corrected chi connectivity index (χ4v) is 0.431. The van der Waals surface area contributed by atoms with Crippen LogP contribution in [0.5, 0.6) is 0 Å². The van der Waals surface area contributed by atoms with Crippen molar-refractivity contribution in [2.45, 2.75) is 0 Å². The average Bonchev–Trinajstić information content (AvgIpc) is 1.69. The second-order valence-corrected chi connectivity index (χ2v) is 1.39. The van der Waals surface area contributed by atoms with Crippen molar-refractivity contribution in [2.24, 2.45) is 0 Å². The van der Waals surface area contributed by atoms with Crippen LogP contribution >= 0.6 is 0 Å². The van der Waals surface area contributed by atoms with Crippen molar-refractivity contribution in [2.75, 3.05) is 0 Å². The Bertz CT molecular complexity index is 135. The molecular weight excluding hydrogens is 187 g/mol. The van der Waals surface area contributed by atoms with Crippen LogP contribution < -0.4 is 5.32 Å². The van der Waals surface area contributed by atoms with Gasteiger partial charge in [-0.15, -0.1) is 0 Å². The molecule has 0 spiro atoms. The number of dihydropyridines is 1. The Kier molecular flexibility index (Phi) is 3.46. The molecule has 0 radical (unpaired) electrons. The van der Waals surface area contributed by atoms with Gasteiger partial charge in [0, 0.05) is 31.4 Å². The van der Waals surface area contributed by atoms with E-state index in [2.05, 4.69) is 11.9 Å². The molecule has 0 aromatic carbocycles. The van der Waals surface area contributed by atoms with Crippen molar-refractivity contribution in [3.63, 3.8) is 0 Å². The summed E-state index contributed by atoms with van der Waals surface area (Å²) in [5.74, 6) is 0. The van der Waals surface area contributed by atoms with Gasteiger partial charge in [0.2, 0.25) is 0 Å². The summed E-state index contributed by atoms with van der Waals surface area (Å²) in [7, 11) is 0. The van der Waals surface area contributed by atoms with Gasteiger partial charge in [0.15, 0.2) is 0 Å². The van der Waals surface area contributed by atoms with Gasteiger partial charge in [0.1, 0.15) is 0 Å². The number of hydrogen-bond acceptors (Lipinski definition) is 1. The minimum absolute atomic E-state index is 0. The molecule has 0 saturated carbocycles. The zero-order chi connectivity index (χ0) is 5.11. The summed E-state index contributed by atoms with van der Waals surface area (Å²) in [6, 6.07) is 0. The summed E-state index contributed by atoms with van der Waals surface area (Å²) in [6.45, 7) is 3.66. The van der Waals surface area contributed by atoms with Crippen molar-refractivity contribution >= 4 is 0 Å². The van der Waals surface area contributed by atoms with E-state index < -0.39 is 0 Å². The Hall–Kier alpha value is -0.357. The average molecular weight is 194 g/mol. The smallest absolute Gasteiger partial charge is 0.0306 e. The van der Waals surface area contributed by atoms with Crippen molar-refractivity contribution in [1.82, 2.24) is 5.32 Å². The van der Waals surface area contributed by atoms with Crippen molar-refractivity contribution in [3.8, 4) is 0 Å². The molecule has 1 nitrogen and oxygen atoms in total. The first-order chi connectivity index (χ1) is 3.39. The Morgan fingerprint density at radius 1 is 1.38 bits per heavy atom. The van der Waals surface area contributed by atoms with Crippen LogP contribution in [-0.4, -0.2) is 0 Å². The quantitative estimate of drug-likeness (QED) is 0.571. The molecule has 44 valence electrons. The summed E-state index contributed by atoms with van der Waals surface area (Å²) in [6.07, 6.45) is 7.63. The molecule has 1 N–H and O–H groups in total.